The molecular weight excluding hydrogens is 384 g/mol. The molecule has 0 amide bonds. The second kappa shape index (κ2) is 7.09. The molecular formula is C17H18ClF2N3O2S. The number of nitrogens with one attached hydrogen (secondary N) is 1. The van der Waals surface area contributed by atoms with Crippen molar-refractivity contribution in [3.8, 4) is 0 Å². The Balaban J connectivity index is 1.83. The summed E-state index contributed by atoms with van der Waals surface area (Å²) in [6, 6.07) is 3.77. The van der Waals surface area contributed by atoms with Crippen LogP contribution in [0.4, 0.5) is 8.78 Å². The molecule has 0 bridgehead atoms. The van der Waals surface area contributed by atoms with Gasteiger partial charge in [-0.1, -0.05) is 11.6 Å². The lowest BCUT2D eigenvalue weighted by Gasteiger charge is -2.28. The van der Waals surface area contributed by atoms with Crippen LogP contribution in [0.5, 0.6) is 0 Å². The van der Waals surface area contributed by atoms with Crippen molar-refractivity contribution in [1.29, 1.82) is 0 Å². The molecule has 0 unspecified atom stereocenters. The van der Waals surface area contributed by atoms with E-state index in [-0.39, 0.29) is 41.4 Å². The fourth-order valence-corrected chi connectivity index (χ4v) is 5.06. The lowest BCUT2D eigenvalue weighted by atomic mass is 10.0. The van der Waals surface area contributed by atoms with Crippen LogP contribution in [-0.4, -0.2) is 36.0 Å². The summed E-state index contributed by atoms with van der Waals surface area (Å²) >= 11 is 5.69. The maximum absolute atomic E-state index is 14.7. The van der Waals surface area contributed by atoms with Gasteiger partial charge in [0.2, 0.25) is 10.0 Å². The van der Waals surface area contributed by atoms with Crippen molar-refractivity contribution in [2.24, 2.45) is 0 Å². The van der Waals surface area contributed by atoms with Crippen LogP contribution in [0.15, 0.2) is 28.7 Å². The highest BCUT2D eigenvalue weighted by molar-refractivity contribution is 7.89. The number of nitrogens with zero attached hydrogens (tertiary/aromatic N) is 2. The van der Waals surface area contributed by atoms with Gasteiger partial charge >= 0.3 is 0 Å². The van der Waals surface area contributed by atoms with E-state index in [9.17, 15) is 17.2 Å². The molecule has 0 aliphatic carbocycles. The zero-order valence-electron chi connectivity index (χ0n) is 14.3. The SMILES string of the molecule is Cc1n[nH]c(C)c1S(=O)(=O)N1CCC(=C(F)c2ccc(Cl)cc2F)CC1. The number of aromatic amines is 1. The summed E-state index contributed by atoms with van der Waals surface area (Å²) in [6.45, 7) is 3.52. The molecule has 1 aliphatic rings. The Hall–Kier alpha value is -1.77. The van der Waals surface area contributed by atoms with Gasteiger partial charge in [-0.05, 0) is 50.5 Å². The molecule has 1 aromatic heterocycles. The highest BCUT2D eigenvalue weighted by Gasteiger charge is 2.32. The zero-order chi connectivity index (χ0) is 19.1. The van der Waals surface area contributed by atoms with Crippen molar-refractivity contribution in [3.05, 3.63) is 51.6 Å². The molecule has 5 nitrogen and oxygen atoms in total. The zero-order valence-corrected chi connectivity index (χ0v) is 15.9. The summed E-state index contributed by atoms with van der Waals surface area (Å²) in [7, 11) is -3.70. The van der Waals surface area contributed by atoms with Gasteiger partial charge in [0.05, 0.1) is 11.4 Å². The van der Waals surface area contributed by atoms with Crippen molar-refractivity contribution in [2.45, 2.75) is 31.6 Å². The summed E-state index contributed by atoms with van der Waals surface area (Å²) in [6.07, 6.45) is 0.395. The van der Waals surface area contributed by atoms with Crippen molar-refractivity contribution in [1.82, 2.24) is 14.5 Å². The number of aryl methyl sites for hydroxylation is 2. The van der Waals surface area contributed by atoms with Gasteiger partial charge in [0.25, 0.3) is 0 Å². The maximum atomic E-state index is 14.7. The molecule has 2 heterocycles. The first kappa shape index (κ1) is 19.0. The summed E-state index contributed by atoms with van der Waals surface area (Å²) in [5.74, 6) is -1.38. The van der Waals surface area contributed by atoms with Crippen molar-refractivity contribution >= 4 is 27.5 Å². The second-order valence-electron chi connectivity index (χ2n) is 6.21. The van der Waals surface area contributed by atoms with Gasteiger partial charge in [0, 0.05) is 23.7 Å². The Morgan fingerprint density at radius 2 is 1.92 bits per heavy atom. The normalized spacial score (nSPS) is 16.1. The van der Waals surface area contributed by atoms with Gasteiger partial charge in [-0.2, -0.15) is 9.40 Å². The number of benzene rings is 1. The van der Waals surface area contributed by atoms with Crippen molar-refractivity contribution in [3.63, 3.8) is 0 Å². The summed E-state index contributed by atoms with van der Waals surface area (Å²) in [5.41, 5.74) is 1.12. The number of piperidine rings is 1. The van der Waals surface area contributed by atoms with Gasteiger partial charge in [0.1, 0.15) is 16.5 Å². The van der Waals surface area contributed by atoms with Crippen LogP contribution >= 0.6 is 11.6 Å². The molecule has 140 valence electrons. The molecule has 0 radical (unpaired) electrons. The second-order valence-corrected chi connectivity index (χ2v) is 8.52. The van der Waals surface area contributed by atoms with Gasteiger partial charge < -0.3 is 0 Å². The number of aromatic nitrogens is 2. The topological polar surface area (TPSA) is 66.1 Å². The van der Waals surface area contributed by atoms with E-state index in [4.69, 9.17) is 11.6 Å². The average Bonchev–Trinajstić information content (AvgIpc) is 2.93. The number of H-pyrrole nitrogens is 1. The van der Waals surface area contributed by atoms with Crippen LogP contribution in [0.2, 0.25) is 5.02 Å². The van der Waals surface area contributed by atoms with E-state index in [1.807, 2.05) is 0 Å². The van der Waals surface area contributed by atoms with Crippen molar-refractivity contribution < 1.29 is 17.2 Å². The molecule has 3 rings (SSSR count). The van der Waals surface area contributed by atoms with E-state index in [1.54, 1.807) is 13.8 Å². The first-order valence-corrected chi connectivity index (χ1v) is 9.88. The highest BCUT2D eigenvalue weighted by atomic mass is 35.5. The standard InChI is InChI=1S/C17H18ClF2N3O2S/c1-10-17(11(2)22-21-10)26(24,25)23-7-5-12(6-8-23)16(20)14-4-3-13(18)9-15(14)19/h3-4,9H,5-8H2,1-2H3,(H,21,22). The molecule has 9 heteroatoms. The predicted molar refractivity (Wildman–Crippen MR) is 95.5 cm³/mol. The molecule has 1 saturated heterocycles. The quantitative estimate of drug-likeness (QED) is 0.845. The minimum absolute atomic E-state index is 0.129. The number of sulfonamides is 1. The van der Waals surface area contributed by atoms with E-state index in [2.05, 4.69) is 10.2 Å². The average molecular weight is 402 g/mol. The Labute approximate surface area is 155 Å². The molecule has 1 fully saturated rings. The summed E-state index contributed by atoms with van der Waals surface area (Å²) in [4.78, 5) is 0.161. The van der Waals surface area contributed by atoms with E-state index >= 15 is 0 Å². The van der Waals surface area contributed by atoms with Crippen LogP contribution in [0, 0.1) is 19.7 Å². The molecule has 26 heavy (non-hydrogen) atoms. The van der Waals surface area contributed by atoms with Crippen LogP contribution < -0.4 is 0 Å². The number of halogens is 3. The molecule has 1 aliphatic heterocycles. The maximum Gasteiger partial charge on any atom is 0.246 e. The number of rotatable bonds is 3. The monoisotopic (exact) mass is 401 g/mol. The molecule has 0 atom stereocenters. The lowest BCUT2D eigenvalue weighted by Crippen LogP contribution is -2.37. The summed E-state index contributed by atoms with van der Waals surface area (Å²) < 4.78 is 55.5. The van der Waals surface area contributed by atoms with Crippen LogP contribution in [0.25, 0.3) is 5.83 Å². The van der Waals surface area contributed by atoms with Gasteiger partial charge in [-0.15, -0.1) is 0 Å². The highest BCUT2D eigenvalue weighted by Crippen LogP contribution is 2.32. The minimum Gasteiger partial charge on any atom is -0.281 e. The van der Waals surface area contributed by atoms with E-state index in [0.717, 1.165) is 6.07 Å². The number of hydrogen-bond acceptors (Lipinski definition) is 3. The summed E-state index contributed by atoms with van der Waals surface area (Å²) in [5, 5.41) is 6.78. The molecule has 0 saturated carbocycles. The Morgan fingerprint density at radius 3 is 2.46 bits per heavy atom. The minimum atomic E-state index is -3.70. The van der Waals surface area contributed by atoms with E-state index in [0.29, 0.717) is 17.0 Å². The van der Waals surface area contributed by atoms with Crippen molar-refractivity contribution in [2.75, 3.05) is 13.1 Å². The smallest absolute Gasteiger partial charge is 0.246 e. The largest absolute Gasteiger partial charge is 0.281 e. The molecule has 1 N–H and O–H groups in total. The fourth-order valence-electron chi connectivity index (χ4n) is 3.12. The Kier molecular flexibility index (Phi) is 5.18. The first-order valence-electron chi connectivity index (χ1n) is 8.06. The lowest BCUT2D eigenvalue weighted by molar-refractivity contribution is 0.384. The van der Waals surface area contributed by atoms with Gasteiger partial charge in [-0.25, -0.2) is 17.2 Å². The van der Waals surface area contributed by atoms with Crippen LogP contribution in [0.1, 0.15) is 29.8 Å². The predicted octanol–water partition coefficient (Wildman–Crippen LogP) is 3.98. The molecule has 2 aromatic rings. The third kappa shape index (κ3) is 3.41. The third-order valence-electron chi connectivity index (χ3n) is 4.46. The molecule has 0 spiro atoms. The third-order valence-corrected chi connectivity index (χ3v) is 6.86. The Morgan fingerprint density at radius 1 is 1.27 bits per heavy atom. The van der Waals surface area contributed by atoms with Crippen LogP contribution in [-0.2, 0) is 10.0 Å². The molecule has 1 aromatic carbocycles. The Bertz CT molecular complexity index is 956. The van der Waals surface area contributed by atoms with E-state index in [1.165, 1.54) is 16.4 Å². The van der Waals surface area contributed by atoms with E-state index < -0.39 is 21.7 Å². The number of hydrogen-bond donors (Lipinski definition) is 1. The first-order chi connectivity index (χ1) is 12.2. The van der Waals surface area contributed by atoms with Crippen LogP contribution in [0.3, 0.4) is 0 Å². The fraction of sp³-hybridized carbons (Fsp3) is 0.353. The van der Waals surface area contributed by atoms with Gasteiger partial charge in [-0.3, -0.25) is 5.10 Å². The van der Waals surface area contributed by atoms with Gasteiger partial charge in [0.15, 0.2) is 0 Å².